The van der Waals surface area contributed by atoms with E-state index in [2.05, 4.69) is 0 Å². The Labute approximate surface area is 86.0 Å². The minimum absolute atomic E-state index is 0.285. The Kier molecular flexibility index (Phi) is 6.46. The van der Waals surface area contributed by atoms with Gasteiger partial charge in [-0.2, -0.15) is 0 Å². The molecular formula is C12H18O2. The molecule has 14 heavy (non-hydrogen) atoms. The van der Waals surface area contributed by atoms with E-state index in [0.29, 0.717) is 6.61 Å². The zero-order chi connectivity index (χ0) is 11.0. The largest absolute Gasteiger partial charge is 0.463 e. The van der Waals surface area contributed by atoms with Gasteiger partial charge in [-0.1, -0.05) is 23.8 Å². The number of allylic oxidation sites excluding steroid dienone is 5. The molecule has 2 heteroatoms. The van der Waals surface area contributed by atoms with Crippen molar-refractivity contribution in [3.05, 3.63) is 35.5 Å². The molecule has 0 atom stereocenters. The molecule has 0 rings (SSSR count). The smallest absolute Gasteiger partial charge is 0.330 e. The molecule has 0 fully saturated rings. The van der Waals surface area contributed by atoms with Gasteiger partial charge in [0.15, 0.2) is 0 Å². The van der Waals surface area contributed by atoms with Gasteiger partial charge < -0.3 is 4.74 Å². The van der Waals surface area contributed by atoms with Gasteiger partial charge in [-0.05, 0) is 33.3 Å². The van der Waals surface area contributed by atoms with E-state index in [-0.39, 0.29) is 5.97 Å². The molecular weight excluding hydrogens is 176 g/mol. The standard InChI is InChI=1S/C12H18O2/c1-5-14-12(13)9-11(4)8-6-7-10(2)3/h6-9H,5H2,1-4H3/b8-6+,11-9?. The Hall–Kier alpha value is -1.31. The molecule has 0 saturated carbocycles. The van der Waals surface area contributed by atoms with E-state index >= 15 is 0 Å². The summed E-state index contributed by atoms with van der Waals surface area (Å²) in [5, 5.41) is 0. The maximum absolute atomic E-state index is 11.0. The molecule has 0 spiro atoms. The summed E-state index contributed by atoms with van der Waals surface area (Å²) in [7, 11) is 0. The Balaban J connectivity index is 4.19. The highest BCUT2D eigenvalue weighted by Crippen LogP contribution is 1.98. The number of ether oxygens (including phenoxy) is 1. The third-order valence-electron chi connectivity index (χ3n) is 1.42. The normalized spacial score (nSPS) is 11.6. The third kappa shape index (κ3) is 7.35. The fourth-order valence-corrected chi connectivity index (χ4v) is 0.810. The highest BCUT2D eigenvalue weighted by Gasteiger charge is 1.94. The number of carbonyl (C=O) groups excluding carboxylic acids is 1. The predicted octanol–water partition coefficient (Wildman–Crippen LogP) is 3.02. The summed E-state index contributed by atoms with van der Waals surface area (Å²) < 4.78 is 4.78. The van der Waals surface area contributed by atoms with Crippen molar-refractivity contribution in [1.82, 2.24) is 0 Å². The van der Waals surface area contributed by atoms with Crippen LogP contribution in [0.3, 0.4) is 0 Å². The van der Waals surface area contributed by atoms with Crippen molar-refractivity contribution >= 4 is 5.97 Å². The quantitative estimate of drug-likeness (QED) is 0.390. The second kappa shape index (κ2) is 7.13. The number of esters is 1. The van der Waals surface area contributed by atoms with Crippen LogP contribution in [0.2, 0.25) is 0 Å². The van der Waals surface area contributed by atoms with Gasteiger partial charge in [0.1, 0.15) is 0 Å². The summed E-state index contributed by atoms with van der Waals surface area (Å²) in [4.78, 5) is 11.0. The molecule has 0 radical (unpaired) electrons. The van der Waals surface area contributed by atoms with Gasteiger partial charge in [0.25, 0.3) is 0 Å². The summed E-state index contributed by atoms with van der Waals surface area (Å²) in [6.07, 6.45) is 7.27. The Morgan fingerprint density at radius 1 is 1.29 bits per heavy atom. The minimum atomic E-state index is -0.285. The molecule has 2 nitrogen and oxygen atoms in total. The van der Waals surface area contributed by atoms with Gasteiger partial charge in [0.2, 0.25) is 0 Å². The van der Waals surface area contributed by atoms with Crippen molar-refractivity contribution in [1.29, 1.82) is 0 Å². The first kappa shape index (κ1) is 12.7. The van der Waals surface area contributed by atoms with Crippen LogP contribution in [-0.2, 0) is 9.53 Å². The summed E-state index contributed by atoms with van der Waals surface area (Å²) in [5.41, 5.74) is 2.12. The predicted molar refractivity (Wildman–Crippen MR) is 59.0 cm³/mol. The van der Waals surface area contributed by atoms with E-state index < -0.39 is 0 Å². The van der Waals surface area contributed by atoms with Gasteiger partial charge in [-0.25, -0.2) is 4.79 Å². The van der Waals surface area contributed by atoms with Crippen LogP contribution in [0, 0.1) is 0 Å². The monoisotopic (exact) mass is 194 g/mol. The van der Waals surface area contributed by atoms with E-state index in [1.54, 1.807) is 6.92 Å². The molecule has 0 aliphatic heterocycles. The fraction of sp³-hybridized carbons (Fsp3) is 0.417. The minimum Gasteiger partial charge on any atom is -0.463 e. The number of hydrogen-bond donors (Lipinski definition) is 0. The first-order valence-corrected chi connectivity index (χ1v) is 4.73. The van der Waals surface area contributed by atoms with E-state index in [1.807, 2.05) is 39.0 Å². The fourth-order valence-electron chi connectivity index (χ4n) is 0.810. The average molecular weight is 194 g/mol. The van der Waals surface area contributed by atoms with Gasteiger partial charge in [-0.15, -0.1) is 0 Å². The Bertz CT molecular complexity index is 266. The lowest BCUT2D eigenvalue weighted by molar-refractivity contribution is -0.137. The maximum atomic E-state index is 11.0. The molecule has 0 heterocycles. The van der Waals surface area contributed by atoms with Gasteiger partial charge in [0, 0.05) is 6.08 Å². The Morgan fingerprint density at radius 3 is 2.43 bits per heavy atom. The maximum Gasteiger partial charge on any atom is 0.330 e. The van der Waals surface area contributed by atoms with Crippen LogP contribution in [0.1, 0.15) is 27.7 Å². The summed E-state index contributed by atoms with van der Waals surface area (Å²) in [6.45, 7) is 8.12. The van der Waals surface area contributed by atoms with E-state index in [0.717, 1.165) is 5.57 Å². The van der Waals surface area contributed by atoms with Crippen LogP contribution in [0.4, 0.5) is 0 Å². The second-order valence-corrected chi connectivity index (χ2v) is 3.24. The zero-order valence-electron chi connectivity index (χ0n) is 9.33. The first-order chi connectivity index (χ1) is 6.56. The lowest BCUT2D eigenvalue weighted by Crippen LogP contribution is -1.99. The SMILES string of the molecule is CCOC(=O)C=C(C)/C=C/C=C(C)C. The van der Waals surface area contributed by atoms with Crippen molar-refractivity contribution in [2.45, 2.75) is 27.7 Å². The van der Waals surface area contributed by atoms with Crippen LogP contribution in [0.5, 0.6) is 0 Å². The highest BCUT2D eigenvalue weighted by atomic mass is 16.5. The van der Waals surface area contributed by atoms with Crippen LogP contribution in [0.25, 0.3) is 0 Å². The van der Waals surface area contributed by atoms with Crippen LogP contribution >= 0.6 is 0 Å². The topological polar surface area (TPSA) is 26.3 Å². The summed E-state index contributed by atoms with van der Waals surface area (Å²) >= 11 is 0. The van der Waals surface area contributed by atoms with Crippen LogP contribution in [-0.4, -0.2) is 12.6 Å². The lowest BCUT2D eigenvalue weighted by atomic mass is 10.2. The molecule has 0 aromatic heterocycles. The molecule has 0 aromatic rings. The second-order valence-electron chi connectivity index (χ2n) is 3.24. The van der Waals surface area contributed by atoms with Crippen molar-refractivity contribution in [2.75, 3.05) is 6.61 Å². The zero-order valence-corrected chi connectivity index (χ0v) is 9.33. The van der Waals surface area contributed by atoms with Gasteiger partial charge in [0.05, 0.1) is 6.61 Å². The lowest BCUT2D eigenvalue weighted by Gasteiger charge is -1.95. The number of rotatable bonds is 4. The average Bonchev–Trinajstić information content (AvgIpc) is 2.03. The summed E-state index contributed by atoms with van der Waals surface area (Å²) in [5.74, 6) is -0.285. The van der Waals surface area contributed by atoms with Crippen molar-refractivity contribution in [2.24, 2.45) is 0 Å². The molecule has 78 valence electrons. The molecule has 0 aliphatic carbocycles. The molecule has 0 amide bonds. The summed E-state index contributed by atoms with van der Waals surface area (Å²) in [6, 6.07) is 0. The third-order valence-corrected chi connectivity index (χ3v) is 1.42. The molecule has 0 aliphatic rings. The van der Waals surface area contributed by atoms with E-state index in [1.165, 1.54) is 11.6 Å². The number of hydrogen-bond acceptors (Lipinski definition) is 2. The molecule has 0 N–H and O–H groups in total. The highest BCUT2D eigenvalue weighted by molar-refractivity contribution is 5.83. The van der Waals surface area contributed by atoms with E-state index in [4.69, 9.17) is 4.74 Å². The molecule has 0 aromatic carbocycles. The first-order valence-electron chi connectivity index (χ1n) is 4.73. The van der Waals surface area contributed by atoms with Crippen molar-refractivity contribution in [3.8, 4) is 0 Å². The van der Waals surface area contributed by atoms with Crippen LogP contribution < -0.4 is 0 Å². The Morgan fingerprint density at radius 2 is 1.93 bits per heavy atom. The van der Waals surface area contributed by atoms with Crippen LogP contribution in [0.15, 0.2) is 35.5 Å². The van der Waals surface area contributed by atoms with E-state index in [9.17, 15) is 4.79 Å². The molecule has 0 bridgehead atoms. The molecule has 0 unspecified atom stereocenters. The molecule has 0 saturated heterocycles. The number of carbonyl (C=O) groups is 1. The van der Waals surface area contributed by atoms with Crippen molar-refractivity contribution in [3.63, 3.8) is 0 Å². The van der Waals surface area contributed by atoms with Gasteiger partial charge in [-0.3, -0.25) is 0 Å². The van der Waals surface area contributed by atoms with Gasteiger partial charge >= 0.3 is 5.97 Å². The van der Waals surface area contributed by atoms with Crippen molar-refractivity contribution < 1.29 is 9.53 Å².